The number of hydrogen-bond acceptors (Lipinski definition) is 4. The van der Waals surface area contributed by atoms with Crippen LogP contribution in [0, 0.1) is 5.92 Å². The highest BCUT2D eigenvalue weighted by molar-refractivity contribution is 5.68. The van der Waals surface area contributed by atoms with Crippen LogP contribution < -0.4 is 0 Å². The number of piperidine rings is 1. The maximum atomic E-state index is 12.7. The van der Waals surface area contributed by atoms with Crippen molar-refractivity contribution in [3.63, 3.8) is 0 Å². The van der Waals surface area contributed by atoms with Crippen LogP contribution in [0.2, 0.25) is 0 Å². The number of nitrogens with zero attached hydrogens (tertiary/aromatic N) is 3. The number of rotatable bonds is 3. The number of alkyl halides is 3. The Morgan fingerprint density at radius 1 is 1.35 bits per heavy atom. The number of likely N-dealkylation sites (tertiary alicyclic amines) is 1. The van der Waals surface area contributed by atoms with Gasteiger partial charge in [0.15, 0.2) is 0 Å². The van der Waals surface area contributed by atoms with Gasteiger partial charge in [0.1, 0.15) is 5.60 Å². The molecule has 0 radical (unpaired) electrons. The van der Waals surface area contributed by atoms with Crippen LogP contribution in [0.4, 0.5) is 18.0 Å². The third-order valence-electron chi connectivity index (χ3n) is 4.31. The number of aryl methyl sites for hydroxylation is 1. The van der Waals surface area contributed by atoms with Crippen molar-refractivity contribution < 1.29 is 22.7 Å². The Labute approximate surface area is 152 Å². The van der Waals surface area contributed by atoms with Gasteiger partial charge in [-0.1, -0.05) is 6.92 Å². The molecule has 0 aromatic carbocycles. The topological polar surface area (TPSA) is 55.3 Å². The predicted molar refractivity (Wildman–Crippen MR) is 90.5 cm³/mol. The van der Waals surface area contributed by atoms with Crippen molar-refractivity contribution in [3.05, 3.63) is 23.8 Å². The average Bonchev–Trinajstić information content (AvgIpc) is 2.50. The lowest BCUT2D eigenvalue weighted by atomic mass is 9.90. The maximum absolute atomic E-state index is 12.7. The number of halogens is 3. The second kappa shape index (κ2) is 7.80. The zero-order valence-corrected chi connectivity index (χ0v) is 15.6. The summed E-state index contributed by atoms with van der Waals surface area (Å²) in [4.78, 5) is 21.0. The molecule has 1 saturated heterocycles. The van der Waals surface area contributed by atoms with Crippen LogP contribution in [0.25, 0.3) is 0 Å². The molecule has 2 rings (SSSR count). The summed E-state index contributed by atoms with van der Waals surface area (Å²) in [7, 11) is 0. The predicted octanol–water partition coefficient (Wildman–Crippen LogP) is 4.46. The fraction of sp³-hybridized carbons (Fsp3) is 0.722. The van der Waals surface area contributed by atoms with Crippen molar-refractivity contribution in [1.29, 1.82) is 0 Å². The van der Waals surface area contributed by atoms with Crippen molar-refractivity contribution in [2.45, 2.75) is 71.2 Å². The summed E-state index contributed by atoms with van der Waals surface area (Å²) in [5.74, 6) is -0.675. The second-order valence-electron chi connectivity index (χ2n) is 7.87. The molecule has 1 amide bonds. The van der Waals surface area contributed by atoms with E-state index in [2.05, 4.69) is 16.9 Å². The van der Waals surface area contributed by atoms with E-state index in [1.807, 2.05) is 20.8 Å². The summed E-state index contributed by atoms with van der Waals surface area (Å²) in [6.45, 7) is 8.15. The van der Waals surface area contributed by atoms with Crippen molar-refractivity contribution >= 4 is 6.09 Å². The van der Waals surface area contributed by atoms with E-state index in [1.165, 1.54) is 6.07 Å². The van der Waals surface area contributed by atoms with E-state index in [9.17, 15) is 18.0 Å². The molecule has 2 atom stereocenters. The van der Waals surface area contributed by atoms with Crippen LogP contribution in [-0.4, -0.2) is 39.1 Å². The lowest BCUT2D eigenvalue weighted by molar-refractivity contribution is -0.145. The molecule has 1 aliphatic heterocycles. The number of hydrogen-bond donors (Lipinski definition) is 0. The molecule has 1 unspecified atom stereocenters. The Morgan fingerprint density at radius 2 is 2.04 bits per heavy atom. The third kappa shape index (κ3) is 5.85. The van der Waals surface area contributed by atoms with E-state index >= 15 is 0 Å². The van der Waals surface area contributed by atoms with Crippen LogP contribution in [0.1, 0.15) is 58.5 Å². The third-order valence-corrected chi connectivity index (χ3v) is 4.31. The first-order valence-electron chi connectivity index (χ1n) is 8.84. The maximum Gasteiger partial charge on any atom is 0.451 e. The highest BCUT2D eigenvalue weighted by Gasteiger charge is 2.35. The summed E-state index contributed by atoms with van der Waals surface area (Å²) >= 11 is 0. The highest BCUT2D eigenvalue weighted by Crippen LogP contribution is 2.28. The van der Waals surface area contributed by atoms with Gasteiger partial charge >= 0.3 is 12.3 Å². The molecule has 5 nitrogen and oxygen atoms in total. The smallest absolute Gasteiger partial charge is 0.444 e. The van der Waals surface area contributed by atoms with Gasteiger partial charge < -0.3 is 9.64 Å². The van der Waals surface area contributed by atoms with Crippen LogP contribution in [0.15, 0.2) is 12.3 Å². The molecule has 0 N–H and O–H groups in total. The van der Waals surface area contributed by atoms with E-state index in [0.717, 1.165) is 19.0 Å². The van der Waals surface area contributed by atoms with Gasteiger partial charge in [-0.15, -0.1) is 0 Å². The van der Waals surface area contributed by atoms with Gasteiger partial charge in [-0.2, -0.15) is 13.2 Å². The normalized spacial score (nSPS) is 21.6. The minimum absolute atomic E-state index is 0.0714. The summed E-state index contributed by atoms with van der Waals surface area (Å²) in [6.07, 6.45) is -1.22. The van der Waals surface area contributed by atoms with Crippen molar-refractivity contribution in [1.82, 2.24) is 14.9 Å². The summed E-state index contributed by atoms with van der Waals surface area (Å²) in [6, 6.07) is 1.41. The Morgan fingerprint density at radius 3 is 2.65 bits per heavy atom. The molecule has 2 heterocycles. The highest BCUT2D eigenvalue weighted by atomic mass is 19.4. The van der Waals surface area contributed by atoms with Gasteiger partial charge in [-0.05, 0) is 58.4 Å². The van der Waals surface area contributed by atoms with E-state index in [4.69, 9.17) is 4.74 Å². The fourth-order valence-electron chi connectivity index (χ4n) is 3.07. The Kier molecular flexibility index (Phi) is 6.13. The number of ether oxygens (including phenoxy) is 1. The average molecular weight is 373 g/mol. The Balaban J connectivity index is 2.06. The standard InChI is InChI=1S/C18H26F3N3O2/c1-12-8-10-24(16(25)26-17(2,3)4)14(11-12)6-5-13-7-9-22-15(23-13)18(19,20)21/h7,9,12,14H,5-6,8,10-11H2,1-4H3/t12-,14?/m0/s1. The first kappa shape index (κ1) is 20.5. The molecule has 1 aromatic heterocycles. The quantitative estimate of drug-likeness (QED) is 0.785. The van der Waals surface area contributed by atoms with Gasteiger partial charge in [-0.25, -0.2) is 14.8 Å². The Bertz CT molecular complexity index is 629. The molecule has 8 heteroatoms. The molecule has 1 aromatic rings. The summed E-state index contributed by atoms with van der Waals surface area (Å²) in [5, 5.41) is 0. The number of amides is 1. The molecule has 1 fully saturated rings. The van der Waals surface area contributed by atoms with Crippen molar-refractivity contribution in [3.8, 4) is 0 Å². The molecule has 146 valence electrons. The molecule has 0 saturated carbocycles. The summed E-state index contributed by atoms with van der Waals surface area (Å²) in [5.41, 5.74) is -0.256. The summed E-state index contributed by atoms with van der Waals surface area (Å²) < 4.78 is 43.7. The minimum Gasteiger partial charge on any atom is -0.444 e. The van der Waals surface area contributed by atoms with Crippen LogP contribution in [0.3, 0.4) is 0 Å². The molecule has 1 aliphatic rings. The number of aromatic nitrogens is 2. The zero-order chi connectivity index (χ0) is 19.5. The molecular formula is C18H26F3N3O2. The fourth-order valence-corrected chi connectivity index (χ4v) is 3.07. The number of carbonyl (C=O) groups is 1. The van der Waals surface area contributed by atoms with Crippen LogP contribution in [0.5, 0.6) is 0 Å². The van der Waals surface area contributed by atoms with E-state index in [1.54, 1.807) is 4.90 Å². The van der Waals surface area contributed by atoms with Crippen LogP contribution in [-0.2, 0) is 17.3 Å². The second-order valence-corrected chi connectivity index (χ2v) is 7.87. The molecule has 26 heavy (non-hydrogen) atoms. The molecular weight excluding hydrogens is 347 g/mol. The van der Waals surface area contributed by atoms with Gasteiger partial charge in [0.2, 0.25) is 5.82 Å². The SMILES string of the molecule is C[C@H]1CCN(C(=O)OC(C)(C)C)C(CCc2ccnc(C(F)(F)F)n2)C1. The largest absolute Gasteiger partial charge is 0.451 e. The van der Waals surface area contributed by atoms with E-state index in [-0.39, 0.29) is 12.1 Å². The monoisotopic (exact) mass is 373 g/mol. The van der Waals surface area contributed by atoms with E-state index in [0.29, 0.717) is 31.0 Å². The first-order chi connectivity index (χ1) is 12.0. The lowest BCUT2D eigenvalue weighted by Crippen LogP contribution is -2.48. The number of carbonyl (C=O) groups excluding carboxylic acids is 1. The zero-order valence-electron chi connectivity index (χ0n) is 15.6. The molecule has 0 bridgehead atoms. The van der Waals surface area contributed by atoms with E-state index < -0.39 is 17.6 Å². The van der Waals surface area contributed by atoms with Crippen LogP contribution >= 0.6 is 0 Å². The first-order valence-corrected chi connectivity index (χ1v) is 8.84. The van der Waals surface area contributed by atoms with Crippen molar-refractivity contribution in [2.75, 3.05) is 6.54 Å². The molecule has 0 aliphatic carbocycles. The Hall–Kier alpha value is -1.86. The van der Waals surface area contributed by atoms with Gasteiger partial charge in [0.05, 0.1) is 0 Å². The van der Waals surface area contributed by atoms with Crippen molar-refractivity contribution in [2.24, 2.45) is 5.92 Å². The van der Waals surface area contributed by atoms with Gasteiger partial charge in [0.25, 0.3) is 0 Å². The van der Waals surface area contributed by atoms with Gasteiger partial charge in [0, 0.05) is 24.5 Å². The molecule has 0 spiro atoms. The lowest BCUT2D eigenvalue weighted by Gasteiger charge is -2.39. The van der Waals surface area contributed by atoms with Gasteiger partial charge in [-0.3, -0.25) is 0 Å². The minimum atomic E-state index is -4.56.